The van der Waals surface area contributed by atoms with Crippen molar-refractivity contribution in [1.82, 2.24) is 0 Å². The molecule has 3 rings (SSSR count). The minimum absolute atomic E-state index is 0.139. The summed E-state index contributed by atoms with van der Waals surface area (Å²) in [6.45, 7) is 3.21. The summed E-state index contributed by atoms with van der Waals surface area (Å²) in [6.07, 6.45) is 4.41. The summed E-state index contributed by atoms with van der Waals surface area (Å²) < 4.78 is 5.28. The van der Waals surface area contributed by atoms with Crippen LogP contribution in [0.15, 0.2) is 48.5 Å². The van der Waals surface area contributed by atoms with Gasteiger partial charge in [-0.05, 0) is 48.2 Å². The van der Waals surface area contributed by atoms with Gasteiger partial charge in [0.05, 0.1) is 7.11 Å². The van der Waals surface area contributed by atoms with Gasteiger partial charge in [0.15, 0.2) is 0 Å². The average molecular weight is 319 g/mol. The highest BCUT2D eigenvalue weighted by atomic mass is 16.5. The fourth-order valence-electron chi connectivity index (χ4n) is 3.21. The molecule has 1 unspecified atom stereocenters. The number of hydrogen-bond acceptors (Lipinski definition) is 2. The Hall–Kier alpha value is -2.40. The largest absolute Gasteiger partial charge is 0.497 e. The zero-order valence-corrected chi connectivity index (χ0v) is 14.6. The molecule has 0 N–H and O–H groups in total. The van der Waals surface area contributed by atoms with E-state index in [2.05, 4.69) is 60.1 Å². The van der Waals surface area contributed by atoms with Crippen LogP contribution in [0, 0.1) is 11.8 Å². The number of methoxy groups -OCH3 is 1. The first-order chi connectivity index (χ1) is 11.8. The third kappa shape index (κ3) is 3.57. The molecule has 0 saturated carbocycles. The summed E-state index contributed by atoms with van der Waals surface area (Å²) in [6, 6.07) is 17.2. The van der Waals surface area contributed by atoms with Crippen molar-refractivity contribution in [2.24, 2.45) is 0 Å². The fraction of sp³-hybridized carbons (Fsp3) is 0.364. The van der Waals surface area contributed by atoms with E-state index in [1.807, 2.05) is 12.1 Å². The third-order valence-corrected chi connectivity index (χ3v) is 4.58. The predicted molar refractivity (Wildman–Crippen MR) is 101 cm³/mol. The van der Waals surface area contributed by atoms with E-state index in [0.717, 1.165) is 25.1 Å². The molecular formula is C22H25NO. The van der Waals surface area contributed by atoms with Crippen LogP contribution in [0.2, 0.25) is 0 Å². The van der Waals surface area contributed by atoms with Crippen LogP contribution in [-0.4, -0.2) is 13.7 Å². The van der Waals surface area contributed by atoms with Crippen molar-refractivity contribution in [1.29, 1.82) is 0 Å². The molecule has 2 nitrogen and oxygen atoms in total. The smallest absolute Gasteiger partial charge is 0.119 e. The van der Waals surface area contributed by atoms with Gasteiger partial charge in [-0.1, -0.05) is 43.5 Å². The standard InChI is InChI=1S/C22H25NO/c1-3-4-5-6-11-22-21-10-8-7-9-18(21)16-17-23(22)19-12-14-20(24-2)15-13-19/h7-10,12-15,22H,3-5,16-17H2,1-2H3. The quantitative estimate of drug-likeness (QED) is 0.581. The van der Waals surface area contributed by atoms with E-state index in [9.17, 15) is 0 Å². The molecule has 0 aliphatic carbocycles. The topological polar surface area (TPSA) is 12.5 Å². The number of unbranched alkanes of at least 4 members (excludes halogenated alkanes) is 2. The molecule has 2 aromatic rings. The Bertz CT molecular complexity index is 724. The molecule has 1 aliphatic heterocycles. The van der Waals surface area contributed by atoms with E-state index in [0.29, 0.717) is 0 Å². The van der Waals surface area contributed by atoms with E-state index in [4.69, 9.17) is 4.74 Å². The van der Waals surface area contributed by atoms with E-state index in [1.165, 1.54) is 29.7 Å². The summed E-state index contributed by atoms with van der Waals surface area (Å²) in [4.78, 5) is 2.42. The number of ether oxygens (including phenoxy) is 1. The summed E-state index contributed by atoms with van der Waals surface area (Å²) in [5, 5.41) is 0. The summed E-state index contributed by atoms with van der Waals surface area (Å²) in [5.41, 5.74) is 3.99. The predicted octanol–water partition coefficient (Wildman–Crippen LogP) is 4.99. The maximum atomic E-state index is 5.28. The second-order valence-electron chi connectivity index (χ2n) is 6.17. The normalized spacial score (nSPS) is 16.1. The van der Waals surface area contributed by atoms with Crippen molar-refractivity contribution in [3.63, 3.8) is 0 Å². The van der Waals surface area contributed by atoms with Crippen LogP contribution in [0.25, 0.3) is 0 Å². The lowest BCUT2D eigenvalue weighted by atomic mass is 9.92. The molecule has 124 valence electrons. The second kappa shape index (κ2) is 7.93. The molecule has 0 bridgehead atoms. The van der Waals surface area contributed by atoms with Crippen LogP contribution < -0.4 is 9.64 Å². The maximum absolute atomic E-state index is 5.28. The van der Waals surface area contributed by atoms with E-state index in [1.54, 1.807) is 7.11 Å². The van der Waals surface area contributed by atoms with Crippen molar-refractivity contribution in [2.75, 3.05) is 18.6 Å². The number of hydrogen-bond donors (Lipinski definition) is 0. The van der Waals surface area contributed by atoms with Crippen molar-refractivity contribution >= 4 is 5.69 Å². The number of nitrogens with zero attached hydrogens (tertiary/aromatic N) is 1. The average Bonchev–Trinajstić information content (AvgIpc) is 2.65. The van der Waals surface area contributed by atoms with E-state index >= 15 is 0 Å². The van der Waals surface area contributed by atoms with Crippen LogP contribution in [0.5, 0.6) is 5.75 Å². The van der Waals surface area contributed by atoms with Gasteiger partial charge in [-0.2, -0.15) is 0 Å². The van der Waals surface area contributed by atoms with Gasteiger partial charge in [0, 0.05) is 18.7 Å². The minimum Gasteiger partial charge on any atom is -0.497 e. The molecular weight excluding hydrogens is 294 g/mol. The Morgan fingerprint density at radius 3 is 2.67 bits per heavy atom. The van der Waals surface area contributed by atoms with Crippen LogP contribution in [-0.2, 0) is 6.42 Å². The van der Waals surface area contributed by atoms with Crippen molar-refractivity contribution < 1.29 is 4.74 Å². The Morgan fingerprint density at radius 1 is 1.12 bits per heavy atom. The highest BCUT2D eigenvalue weighted by Gasteiger charge is 2.25. The highest BCUT2D eigenvalue weighted by Crippen LogP contribution is 2.34. The molecule has 1 heterocycles. The molecule has 0 fully saturated rings. The molecule has 2 aromatic carbocycles. The van der Waals surface area contributed by atoms with Gasteiger partial charge in [-0.3, -0.25) is 0 Å². The molecule has 0 radical (unpaired) electrons. The SMILES string of the molecule is CCCCC#CC1c2ccccc2CCN1c1ccc(OC)cc1. The second-order valence-corrected chi connectivity index (χ2v) is 6.17. The van der Waals surface area contributed by atoms with Gasteiger partial charge in [0.2, 0.25) is 0 Å². The zero-order valence-electron chi connectivity index (χ0n) is 14.6. The molecule has 0 amide bonds. The Kier molecular flexibility index (Phi) is 5.43. The highest BCUT2D eigenvalue weighted by molar-refractivity contribution is 5.56. The lowest BCUT2D eigenvalue weighted by molar-refractivity contribution is 0.415. The number of fused-ring (bicyclic) bond motifs is 1. The van der Waals surface area contributed by atoms with Crippen LogP contribution >= 0.6 is 0 Å². The lowest BCUT2D eigenvalue weighted by Gasteiger charge is -2.36. The van der Waals surface area contributed by atoms with Gasteiger partial charge in [-0.25, -0.2) is 0 Å². The van der Waals surface area contributed by atoms with Gasteiger partial charge < -0.3 is 9.64 Å². The van der Waals surface area contributed by atoms with Crippen molar-refractivity contribution in [3.8, 4) is 17.6 Å². The molecule has 1 aliphatic rings. The molecule has 2 heteroatoms. The first kappa shape index (κ1) is 16.5. The van der Waals surface area contributed by atoms with Crippen molar-refractivity contribution in [2.45, 2.75) is 38.6 Å². The monoisotopic (exact) mass is 319 g/mol. The van der Waals surface area contributed by atoms with Gasteiger partial charge in [0.25, 0.3) is 0 Å². The van der Waals surface area contributed by atoms with Gasteiger partial charge >= 0.3 is 0 Å². The third-order valence-electron chi connectivity index (χ3n) is 4.58. The fourth-order valence-corrected chi connectivity index (χ4v) is 3.21. The van der Waals surface area contributed by atoms with Crippen LogP contribution in [0.3, 0.4) is 0 Å². The van der Waals surface area contributed by atoms with Gasteiger partial charge in [0.1, 0.15) is 11.8 Å². The summed E-state index contributed by atoms with van der Waals surface area (Å²) >= 11 is 0. The lowest BCUT2D eigenvalue weighted by Crippen LogP contribution is -2.34. The Balaban J connectivity index is 1.92. The Labute approximate surface area is 145 Å². The molecule has 0 spiro atoms. The molecule has 1 atom stereocenters. The van der Waals surface area contributed by atoms with Crippen LogP contribution in [0.1, 0.15) is 43.4 Å². The Morgan fingerprint density at radius 2 is 1.92 bits per heavy atom. The number of rotatable bonds is 4. The van der Waals surface area contributed by atoms with E-state index < -0.39 is 0 Å². The van der Waals surface area contributed by atoms with E-state index in [-0.39, 0.29) is 6.04 Å². The van der Waals surface area contributed by atoms with Crippen LogP contribution in [0.4, 0.5) is 5.69 Å². The first-order valence-corrected chi connectivity index (χ1v) is 8.80. The minimum atomic E-state index is 0.139. The molecule has 0 aromatic heterocycles. The molecule has 24 heavy (non-hydrogen) atoms. The summed E-state index contributed by atoms with van der Waals surface area (Å²) in [7, 11) is 1.70. The molecule has 0 saturated heterocycles. The zero-order chi connectivity index (χ0) is 16.8. The first-order valence-electron chi connectivity index (χ1n) is 8.80. The van der Waals surface area contributed by atoms with Gasteiger partial charge in [-0.15, -0.1) is 5.92 Å². The maximum Gasteiger partial charge on any atom is 0.119 e. The number of anilines is 1. The summed E-state index contributed by atoms with van der Waals surface area (Å²) in [5.74, 6) is 7.83. The van der Waals surface area contributed by atoms with Crippen molar-refractivity contribution in [3.05, 3.63) is 59.7 Å². The number of benzene rings is 2.